The zero-order valence-corrected chi connectivity index (χ0v) is 11.5. The van der Waals surface area contributed by atoms with E-state index in [9.17, 15) is 13.2 Å². The average molecular weight is 287 g/mol. The summed E-state index contributed by atoms with van der Waals surface area (Å²) in [6, 6.07) is 5.72. The Balaban J connectivity index is 3.05. The summed E-state index contributed by atoms with van der Waals surface area (Å²) in [7, 11) is -2.45. The summed E-state index contributed by atoms with van der Waals surface area (Å²) in [5.74, 6) is -0.231. The van der Waals surface area contributed by atoms with Gasteiger partial charge in [-0.3, -0.25) is 4.79 Å². The Morgan fingerprint density at radius 2 is 1.83 bits per heavy atom. The van der Waals surface area contributed by atoms with Crippen molar-refractivity contribution in [3.63, 3.8) is 0 Å². The lowest BCUT2D eigenvalue weighted by Crippen LogP contribution is -2.36. The summed E-state index contributed by atoms with van der Waals surface area (Å²) in [4.78, 5) is 10.9. The van der Waals surface area contributed by atoms with Crippen LogP contribution in [0.2, 0.25) is 0 Å². The number of hydrogen-bond donors (Lipinski definition) is 2. The quantitative estimate of drug-likeness (QED) is 0.790. The summed E-state index contributed by atoms with van der Waals surface area (Å²) in [6.07, 6.45) is 0. The molecule has 0 aromatic heterocycles. The molecule has 0 saturated heterocycles. The van der Waals surface area contributed by atoms with Crippen LogP contribution >= 0.6 is 12.2 Å². The molecule has 0 spiro atoms. The molecule has 1 aromatic rings. The molecule has 0 radical (unpaired) electrons. The Labute approximate surface area is 111 Å². The second kappa shape index (κ2) is 5.32. The normalized spacial score (nSPS) is 10.8. The van der Waals surface area contributed by atoms with Gasteiger partial charge in [0, 0.05) is 19.7 Å². The van der Waals surface area contributed by atoms with E-state index in [1.807, 2.05) is 0 Å². The summed E-state index contributed by atoms with van der Waals surface area (Å²) in [5.41, 5.74) is 5.79. The number of sulfonamides is 1. The van der Waals surface area contributed by atoms with E-state index in [1.165, 1.54) is 38.2 Å². The van der Waals surface area contributed by atoms with Crippen molar-refractivity contribution in [1.82, 2.24) is 4.31 Å². The van der Waals surface area contributed by atoms with Crippen molar-refractivity contribution in [3.8, 4) is 0 Å². The van der Waals surface area contributed by atoms with Gasteiger partial charge in [0.1, 0.15) is 0 Å². The lowest BCUT2D eigenvalue weighted by atomic mass is 10.3. The number of nitrogens with zero attached hydrogens (tertiary/aromatic N) is 1. The van der Waals surface area contributed by atoms with Crippen LogP contribution in [-0.4, -0.2) is 30.8 Å². The van der Waals surface area contributed by atoms with Gasteiger partial charge in [0.2, 0.25) is 5.91 Å². The van der Waals surface area contributed by atoms with Crippen molar-refractivity contribution in [2.75, 3.05) is 12.4 Å². The third kappa shape index (κ3) is 3.17. The molecule has 0 saturated carbocycles. The summed E-state index contributed by atoms with van der Waals surface area (Å²) >= 11 is 4.62. The van der Waals surface area contributed by atoms with E-state index in [-0.39, 0.29) is 15.9 Å². The second-order valence-corrected chi connectivity index (χ2v) is 5.90. The van der Waals surface area contributed by atoms with Gasteiger partial charge in [-0.25, -0.2) is 12.7 Å². The predicted molar refractivity (Wildman–Crippen MR) is 72.5 cm³/mol. The smallest absolute Gasteiger partial charge is 0.265 e. The fraction of sp³-hybridized carbons (Fsp3) is 0.200. The van der Waals surface area contributed by atoms with E-state index in [0.29, 0.717) is 5.69 Å². The van der Waals surface area contributed by atoms with Crippen LogP contribution in [0, 0.1) is 0 Å². The van der Waals surface area contributed by atoms with Gasteiger partial charge in [-0.15, -0.1) is 0 Å². The fourth-order valence-corrected chi connectivity index (χ4v) is 2.52. The Hall–Kier alpha value is -1.67. The molecule has 0 aliphatic rings. The lowest BCUT2D eigenvalue weighted by Gasteiger charge is -2.17. The van der Waals surface area contributed by atoms with Crippen molar-refractivity contribution < 1.29 is 13.2 Å². The molecular formula is C10H13N3O3S2. The molecule has 0 heterocycles. The maximum Gasteiger partial charge on any atom is 0.265 e. The number of amides is 1. The third-order valence-electron chi connectivity index (χ3n) is 2.14. The van der Waals surface area contributed by atoms with Crippen LogP contribution in [0.25, 0.3) is 0 Å². The molecule has 98 valence electrons. The van der Waals surface area contributed by atoms with Crippen LogP contribution in [0.1, 0.15) is 6.92 Å². The Morgan fingerprint density at radius 1 is 1.33 bits per heavy atom. The molecule has 0 atom stereocenters. The van der Waals surface area contributed by atoms with Gasteiger partial charge in [0.05, 0.1) is 4.90 Å². The number of carbonyl (C=O) groups is 1. The molecule has 18 heavy (non-hydrogen) atoms. The maximum atomic E-state index is 12.0. The van der Waals surface area contributed by atoms with E-state index in [1.54, 1.807) is 0 Å². The molecule has 8 heteroatoms. The first kappa shape index (κ1) is 14.4. The van der Waals surface area contributed by atoms with Gasteiger partial charge in [-0.1, -0.05) is 0 Å². The Bertz CT molecular complexity index is 567. The van der Waals surface area contributed by atoms with Gasteiger partial charge in [0.25, 0.3) is 10.0 Å². The van der Waals surface area contributed by atoms with E-state index in [4.69, 9.17) is 5.73 Å². The number of nitrogens with one attached hydrogen (secondary N) is 1. The highest BCUT2D eigenvalue weighted by Gasteiger charge is 2.21. The van der Waals surface area contributed by atoms with Crippen LogP contribution in [0.5, 0.6) is 0 Å². The number of carbonyl (C=O) groups excluding carboxylic acids is 1. The molecule has 0 fully saturated rings. The monoisotopic (exact) mass is 287 g/mol. The molecule has 3 N–H and O–H groups in total. The number of thiocarbonyl (C=S) groups is 1. The molecule has 1 rings (SSSR count). The minimum Gasteiger partial charge on any atom is -0.375 e. The molecule has 1 aromatic carbocycles. The fourth-order valence-electron chi connectivity index (χ4n) is 1.19. The maximum absolute atomic E-state index is 12.0. The van der Waals surface area contributed by atoms with Gasteiger partial charge in [-0.05, 0) is 36.5 Å². The van der Waals surface area contributed by atoms with E-state index >= 15 is 0 Å². The number of nitrogens with two attached hydrogens (primary N) is 1. The van der Waals surface area contributed by atoms with Crippen molar-refractivity contribution in [1.29, 1.82) is 0 Å². The summed E-state index contributed by atoms with van der Waals surface area (Å²) in [5, 5.41) is 2.30. The van der Waals surface area contributed by atoms with Crippen LogP contribution in [0.3, 0.4) is 0 Å². The highest BCUT2D eigenvalue weighted by molar-refractivity contribution is 7.91. The molecular weight excluding hydrogens is 274 g/mol. The largest absolute Gasteiger partial charge is 0.375 e. The SMILES string of the molecule is CC(=O)Nc1ccc(S(=O)(=O)N(C)C(N)=S)cc1. The first-order valence-corrected chi connectivity index (χ1v) is 6.76. The van der Waals surface area contributed by atoms with E-state index in [0.717, 1.165) is 4.31 Å². The molecule has 0 aliphatic carbocycles. The van der Waals surface area contributed by atoms with Crippen LogP contribution < -0.4 is 11.1 Å². The van der Waals surface area contributed by atoms with Crippen molar-refractivity contribution in [2.24, 2.45) is 5.73 Å². The number of benzene rings is 1. The highest BCUT2D eigenvalue weighted by atomic mass is 32.2. The van der Waals surface area contributed by atoms with Gasteiger partial charge in [0.15, 0.2) is 5.11 Å². The molecule has 6 nitrogen and oxygen atoms in total. The third-order valence-corrected chi connectivity index (χ3v) is 4.32. The highest BCUT2D eigenvalue weighted by Crippen LogP contribution is 2.17. The van der Waals surface area contributed by atoms with Gasteiger partial charge in [-0.2, -0.15) is 0 Å². The predicted octanol–water partition coefficient (Wildman–Crippen LogP) is 0.509. The van der Waals surface area contributed by atoms with Gasteiger partial charge < -0.3 is 11.1 Å². The Morgan fingerprint density at radius 3 is 2.22 bits per heavy atom. The standard InChI is InChI=1S/C10H13N3O3S2/c1-7(14)12-8-3-5-9(6-4-8)18(15,16)13(2)10(11)17/h3-6H,1-2H3,(H2,11,17)(H,12,14). The second-order valence-electron chi connectivity index (χ2n) is 3.52. The van der Waals surface area contributed by atoms with Crippen LogP contribution in [-0.2, 0) is 14.8 Å². The number of rotatable bonds is 3. The molecule has 1 amide bonds. The summed E-state index contributed by atoms with van der Waals surface area (Å²) < 4.78 is 24.8. The zero-order chi connectivity index (χ0) is 13.9. The Kier molecular flexibility index (Phi) is 4.25. The first-order valence-electron chi connectivity index (χ1n) is 4.91. The number of anilines is 1. The van der Waals surface area contributed by atoms with Crippen molar-refractivity contribution >= 4 is 38.9 Å². The van der Waals surface area contributed by atoms with E-state index in [2.05, 4.69) is 17.5 Å². The van der Waals surface area contributed by atoms with Crippen molar-refractivity contribution in [3.05, 3.63) is 24.3 Å². The number of hydrogen-bond acceptors (Lipinski definition) is 4. The topological polar surface area (TPSA) is 92.5 Å². The molecule has 0 unspecified atom stereocenters. The van der Waals surface area contributed by atoms with Crippen LogP contribution in [0.15, 0.2) is 29.2 Å². The first-order chi connectivity index (χ1) is 8.25. The van der Waals surface area contributed by atoms with Crippen LogP contribution in [0.4, 0.5) is 5.69 Å². The summed E-state index contributed by atoms with van der Waals surface area (Å²) in [6.45, 7) is 1.37. The van der Waals surface area contributed by atoms with E-state index < -0.39 is 10.0 Å². The molecule has 0 bridgehead atoms. The lowest BCUT2D eigenvalue weighted by molar-refractivity contribution is -0.114. The van der Waals surface area contributed by atoms with Gasteiger partial charge >= 0.3 is 0 Å². The minimum atomic E-state index is -3.73. The minimum absolute atomic E-state index is 0.0481. The van der Waals surface area contributed by atoms with Crippen molar-refractivity contribution in [2.45, 2.75) is 11.8 Å². The molecule has 0 aliphatic heterocycles. The average Bonchev–Trinajstić information content (AvgIpc) is 2.27. The zero-order valence-electron chi connectivity index (χ0n) is 9.88.